The Hall–Kier alpha value is -0.290. The van der Waals surface area contributed by atoms with Crippen LogP contribution in [0.15, 0.2) is 18.2 Å². The van der Waals surface area contributed by atoms with Gasteiger partial charge in [-0.15, -0.1) is 0 Å². The van der Waals surface area contributed by atoms with E-state index in [4.69, 9.17) is 27.0 Å². The standard InChI is InChI=1S/C9H10Cl2O3S/c1-14-5-7-3-2-4-9(10)8(7)6-15(11,12)13/h2-4H,5-6H2,1H3. The molecule has 15 heavy (non-hydrogen) atoms. The minimum atomic E-state index is -3.61. The second kappa shape index (κ2) is 5.16. The van der Waals surface area contributed by atoms with Gasteiger partial charge in [-0.05, 0) is 17.2 Å². The first-order chi connectivity index (χ1) is 6.94. The van der Waals surface area contributed by atoms with Gasteiger partial charge < -0.3 is 4.74 Å². The van der Waals surface area contributed by atoms with E-state index >= 15 is 0 Å². The Morgan fingerprint density at radius 2 is 2.07 bits per heavy atom. The van der Waals surface area contributed by atoms with Gasteiger partial charge in [-0.25, -0.2) is 8.42 Å². The van der Waals surface area contributed by atoms with Gasteiger partial charge in [-0.2, -0.15) is 0 Å². The minimum absolute atomic E-state index is 0.285. The second-order valence-corrected chi connectivity index (χ2v) is 6.18. The fraction of sp³-hybridized carbons (Fsp3) is 0.333. The van der Waals surface area contributed by atoms with Crippen molar-refractivity contribution in [2.24, 2.45) is 0 Å². The Kier molecular flexibility index (Phi) is 4.40. The van der Waals surface area contributed by atoms with Crippen LogP contribution in [0, 0.1) is 0 Å². The molecule has 0 saturated heterocycles. The number of halogens is 2. The van der Waals surface area contributed by atoms with Crippen molar-refractivity contribution in [1.29, 1.82) is 0 Å². The lowest BCUT2D eigenvalue weighted by Gasteiger charge is -2.08. The van der Waals surface area contributed by atoms with Gasteiger partial charge in [0.05, 0.1) is 12.4 Å². The summed E-state index contributed by atoms with van der Waals surface area (Å²) >= 11 is 5.89. The lowest BCUT2D eigenvalue weighted by molar-refractivity contribution is 0.184. The molecule has 0 fully saturated rings. The minimum Gasteiger partial charge on any atom is -0.380 e. The smallest absolute Gasteiger partial charge is 0.236 e. The molecule has 84 valence electrons. The number of ether oxygens (including phenoxy) is 1. The van der Waals surface area contributed by atoms with Crippen molar-refractivity contribution in [3.8, 4) is 0 Å². The Bertz CT molecular complexity index is 443. The number of hydrogen-bond donors (Lipinski definition) is 0. The molecule has 1 aromatic carbocycles. The Labute approximate surface area is 98.4 Å². The fourth-order valence-corrected chi connectivity index (χ4v) is 2.58. The Morgan fingerprint density at radius 1 is 1.40 bits per heavy atom. The molecule has 1 rings (SSSR count). The number of benzene rings is 1. The van der Waals surface area contributed by atoms with Crippen molar-refractivity contribution >= 4 is 31.3 Å². The molecule has 0 aromatic heterocycles. The molecule has 0 atom stereocenters. The van der Waals surface area contributed by atoms with Crippen molar-refractivity contribution in [3.05, 3.63) is 34.3 Å². The summed E-state index contributed by atoms with van der Waals surface area (Å²) in [5, 5.41) is 0.383. The summed E-state index contributed by atoms with van der Waals surface area (Å²) in [6, 6.07) is 5.12. The first-order valence-electron chi connectivity index (χ1n) is 4.11. The van der Waals surface area contributed by atoms with Crippen LogP contribution in [0.5, 0.6) is 0 Å². The average molecular weight is 269 g/mol. The van der Waals surface area contributed by atoms with Crippen molar-refractivity contribution in [2.75, 3.05) is 7.11 Å². The van der Waals surface area contributed by atoms with E-state index in [0.717, 1.165) is 5.56 Å². The molecule has 6 heteroatoms. The summed E-state index contributed by atoms with van der Waals surface area (Å²) in [7, 11) is 3.10. The van der Waals surface area contributed by atoms with Crippen LogP contribution in [0.1, 0.15) is 11.1 Å². The highest BCUT2D eigenvalue weighted by atomic mass is 35.7. The van der Waals surface area contributed by atoms with Crippen molar-refractivity contribution in [2.45, 2.75) is 12.4 Å². The lowest BCUT2D eigenvalue weighted by atomic mass is 10.1. The molecule has 0 aliphatic heterocycles. The van der Waals surface area contributed by atoms with Crippen LogP contribution in [0.2, 0.25) is 5.02 Å². The van der Waals surface area contributed by atoms with E-state index in [0.29, 0.717) is 17.2 Å². The topological polar surface area (TPSA) is 43.4 Å². The normalized spacial score (nSPS) is 11.7. The summed E-state index contributed by atoms with van der Waals surface area (Å²) in [6.45, 7) is 0.308. The van der Waals surface area contributed by atoms with Gasteiger partial charge in [-0.1, -0.05) is 23.7 Å². The monoisotopic (exact) mass is 268 g/mol. The molecule has 0 amide bonds. The van der Waals surface area contributed by atoms with E-state index in [-0.39, 0.29) is 5.75 Å². The van der Waals surface area contributed by atoms with Crippen molar-refractivity contribution in [1.82, 2.24) is 0 Å². The van der Waals surface area contributed by atoms with Crippen LogP contribution in [0.25, 0.3) is 0 Å². The summed E-state index contributed by atoms with van der Waals surface area (Å²) < 4.78 is 26.9. The molecule has 1 aromatic rings. The number of methoxy groups -OCH3 is 1. The van der Waals surface area contributed by atoms with Gasteiger partial charge in [0, 0.05) is 22.8 Å². The zero-order valence-electron chi connectivity index (χ0n) is 8.04. The maximum Gasteiger partial charge on any atom is 0.236 e. The van der Waals surface area contributed by atoms with Crippen LogP contribution in [-0.2, 0) is 26.1 Å². The third-order valence-electron chi connectivity index (χ3n) is 1.83. The van der Waals surface area contributed by atoms with E-state index in [1.54, 1.807) is 18.2 Å². The molecule has 0 saturated carbocycles. The van der Waals surface area contributed by atoms with Gasteiger partial charge in [0.15, 0.2) is 0 Å². The van der Waals surface area contributed by atoms with E-state index in [1.807, 2.05) is 0 Å². The van der Waals surface area contributed by atoms with Gasteiger partial charge in [0.1, 0.15) is 0 Å². The molecule has 0 radical (unpaired) electrons. The molecular formula is C9H10Cl2O3S. The maximum atomic E-state index is 11.0. The molecule has 3 nitrogen and oxygen atoms in total. The molecular weight excluding hydrogens is 259 g/mol. The second-order valence-electron chi connectivity index (χ2n) is 2.99. The number of rotatable bonds is 4. The zero-order valence-corrected chi connectivity index (χ0v) is 10.4. The lowest BCUT2D eigenvalue weighted by Crippen LogP contribution is -2.02. The van der Waals surface area contributed by atoms with Crippen LogP contribution < -0.4 is 0 Å². The Morgan fingerprint density at radius 3 is 2.60 bits per heavy atom. The molecule has 0 unspecified atom stereocenters. The summed E-state index contributed by atoms with van der Waals surface area (Å²) in [5.41, 5.74) is 1.23. The molecule has 0 heterocycles. The van der Waals surface area contributed by atoms with E-state index in [9.17, 15) is 8.42 Å². The summed E-state index contributed by atoms with van der Waals surface area (Å²) in [5.74, 6) is -0.285. The van der Waals surface area contributed by atoms with Crippen LogP contribution in [-0.4, -0.2) is 15.5 Å². The predicted molar refractivity (Wildman–Crippen MR) is 60.6 cm³/mol. The first kappa shape index (κ1) is 12.8. The third-order valence-corrected chi connectivity index (χ3v) is 3.15. The highest BCUT2D eigenvalue weighted by Gasteiger charge is 2.14. The van der Waals surface area contributed by atoms with Gasteiger partial charge in [0.2, 0.25) is 9.05 Å². The Balaban J connectivity index is 3.13. The third kappa shape index (κ3) is 3.99. The molecule has 0 aliphatic carbocycles. The van der Waals surface area contributed by atoms with Crippen LogP contribution >= 0.6 is 22.3 Å². The fourth-order valence-electron chi connectivity index (χ4n) is 1.23. The quantitative estimate of drug-likeness (QED) is 0.789. The maximum absolute atomic E-state index is 11.0. The molecule has 0 bridgehead atoms. The van der Waals surface area contributed by atoms with Crippen molar-refractivity contribution in [3.63, 3.8) is 0 Å². The van der Waals surface area contributed by atoms with E-state index < -0.39 is 9.05 Å². The van der Waals surface area contributed by atoms with Gasteiger partial charge in [0.25, 0.3) is 0 Å². The van der Waals surface area contributed by atoms with Crippen LogP contribution in [0.4, 0.5) is 0 Å². The van der Waals surface area contributed by atoms with E-state index in [2.05, 4.69) is 0 Å². The van der Waals surface area contributed by atoms with Crippen molar-refractivity contribution < 1.29 is 13.2 Å². The van der Waals surface area contributed by atoms with Crippen LogP contribution in [0.3, 0.4) is 0 Å². The largest absolute Gasteiger partial charge is 0.380 e. The van der Waals surface area contributed by atoms with Gasteiger partial charge in [-0.3, -0.25) is 0 Å². The molecule has 0 aliphatic rings. The number of hydrogen-bond acceptors (Lipinski definition) is 3. The predicted octanol–water partition coefficient (Wildman–Crippen LogP) is 2.56. The average Bonchev–Trinajstić information content (AvgIpc) is 2.10. The SMILES string of the molecule is COCc1cccc(Cl)c1CS(=O)(=O)Cl. The van der Waals surface area contributed by atoms with Gasteiger partial charge >= 0.3 is 0 Å². The molecule has 0 N–H and O–H groups in total. The molecule has 0 spiro atoms. The van der Waals surface area contributed by atoms with E-state index in [1.165, 1.54) is 7.11 Å². The first-order valence-corrected chi connectivity index (χ1v) is 6.97. The summed E-state index contributed by atoms with van der Waals surface area (Å²) in [4.78, 5) is 0. The zero-order chi connectivity index (χ0) is 11.5. The summed E-state index contributed by atoms with van der Waals surface area (Å²) in [6.07, 6.45) is 0. The highest BCUT2D eigenvalue weighted by molar-refractivity contribution is 8.13. The highest BCUT2D eigenvalue weighted by Crippen LogP contribution is 2.24.